The average molecular weight is 474 g/mol. The lowest BCUT2D eigenvalue weighted by molar-refractivity contribution is -0.122. The van der Waals surface area contributed by atoms with E-state index < -0.39 is 5.92 Å². The summed E-state index contributed by atoms with van der Waals surface area (Å²) < 4.78 is 12.1. The molecule has 4 aromatic rings. The summed E-state index contributed by atoms with van der Waals surface area (Å²) >= 11 is 0. The van der Waals surface area contributed by atoms with Crippen molar-refractivity contribution in [3.63, 3.8) is 0 Å². The molecule has 1 aliphatic rings. The van der Waals surface area contributed by atoms with Crippen LogP contribution in [-0.2, 0) is 9.59 Å². The van der Waals surface area contributed by atoms with E-state index in [1.165, 1.54) is 31.4 Å². The first kappa shape index (κ1) is 22.1. The fraction of sp³-hybridized carbons (Fsp3) is 0.208. The number of hydrogen-bond donors (Lipinski definition) is 2. The van der Waals surface area contributed by atoms with Crippen molar-refractivity contribution < 1.29 is 19.1 Å². The Morgan fingerprint density at radius 2 is 1.91 bits per heavy atom. The van der Waals surface area contributed by atoms with Gasteiger partial charge in [0.25, 0.3) is 5.56 Å². The van der Waals surface area contributed by atoms with E-state index in [2.05, 4.69) is 20.4 Å². The highest BCUT2D eigenvalue weighted by Gasteiger charge is 2.35. The minimum Gasteiger partial charge on any atom is -0.493 e. The number of fused-ring (bicyclic) bond motifs is 1. The maximum atomic E-state index is 13.2. The number of aromatic nitrogens is 4. The quantitative estimate of drug-likeness (QED) is 0.438. The minimum absolute atomic E-state index is 0.0734. The van der Waals surface area contributed by atoms with Gasteiger partial charge >= 0.3 is 0 Å². The molecule has 1 atom stereocenters. The Labute approximate surface area is 199 Å². The molecule has 2 aromatic heterocycles. The van der Waals surface area contributed by atoms with E-state index in [0.29, 0.717) is 39.6 Å². The van der Waals surface area contributed by atoms with Gasteiger partial charge in [-0.05, 0) is 24.3 Å². The summed E-state index contributed by atoms with van der Waals surface area (Å²) in [6, 6.07) is 12.3. The van der Waals surface area contributed by atoms with Crippen LogP contribution in [0.15, 0.2) is 59.8 Å². The zero-order chi connectivity index (χ0) is 24.5. The summed E-state index contributed by atoms with van der Waals surface area (Å²) in [5, 5.41) is 7.53. The largest absolute Gasteiger partial charge is 0.493 e. The Morgan fingerprint density at radius 1 is 1.11 bits per heavy atom. The maximum absolute atomic E-state index is 13.2. The molecule has 5 rings (SSSR count). The fourth-order valence-electron chi connectivity index (χ4n) is 4.16. The number of anilines is 2. The van der Waals surface area contributed by atoms with Crippen LogP contribution in [0.1, 0.15) is 6.42 Å². The molecule has 1 aliphatic heterocycles. The lowest BCUT2D eigenvalue weighted by atomic mass is 10.1. The standard InChI is InChI=1S/C24H22N6O5/c1-34-19-8-7-15(10-20(19)35-2)29-12-14(9-21(29)31)23(32)28-17-5-3-4-6-18(17)30-22-16(11-27-30)24(33)26-13-25-22/h3-8,10-11,13-14H,9,12H2,1-2H3,(H,28,32)(H,25,26,33). The molecule has 0 radical (unpaired) electrons. The van der Waals surface area contributed by atoms with Gasteiger partial charge in [0.05, 0.1) is 44.0 Å². The monoisotopic (exact) mass is 474 g/mol. The van der Waals surface area contributed by atoms with E-state index in [0.717, 1.165) is 0 Å². The fourth-order valence-corrected chi connectivity index (χ4v) is 4.16. The number of carbonyl (C=O) groups excluding carboxylic acids is 2. The third kappa shape index (κ3) is 3.97. The van der Waals surface area contributed by atoms with E-state index >= 15 is 0 Å². The number of methoxy groups -OCH3 is 2. The Hall–Kier alpha value is -4.67. The van der Waals surface area contributed by atoms with Crippen molar-refractivity contribution >= 4 is 34.2 Å². The van der Waals surface area contributed by atoms with Gasteiger partial charge in [0, 0.05) is 24.7 Å². The first-order valence-corrected chi connectivity index (χ1v) is 10.8. The molecule has 1 unspecified atom stereocenters. The predicted molar refractivity (Wildman–Crippen MR) is 128 cm³/mol. The molecule has 0 bridgehead atoms. The van der Waals surface area contributed by atoms with Crippen molar-refractivity contribution in [2.75, 3.05) is 31.0 Å². The van der Waals surface area contributed by atoms with Gasteiger partial charge in [-0.2, -0.15) is 5.10 Å². The van der Waals surface area contributed by atoms with E-state index in [1.807, 2.05) is 0 Å². The van der Waals surface area contributed by atoms with Crippen LogP contribution in [0, 0.1) is 5.92 Å². The Morgan fingerprint density at radius 3 is 2.71 bits per heavy atom. The van der Waals surface area contributed by atoms with E-state index in [9.17, 15) is 14.4 Å². The van der Waals surface area contributed by atoms with Gasteiger partial charge in [-0.3, -0.25) is 14.4 Å². The van der Waals surface area contributed by atoms with Crippen LogP contribution < -0.4 is 25.2 Å². The zero-order valence-electron chi connectivity index (χ0n) is 19.0. The summed E-state index contributed by atoms with van der Waals surface area (Å²) in [5.74, 6) is 0.0390. The molecule has 2 N–H and O–H groups in total. The number of nitrogens with one attached hydrogen (secondary N) is 2. The van der Waals surface area contributed by atoms with Gasteiger partial charge in [0.1, 0.15) is 5.39 Å². The Balaban J connectivity index is 1.38. The van der Waals surface area contributed by atoms with Crippen molar-refractivity contribution in [2.45, 2.75) is 6.42 Å². The van der Waals surface area contributed by atoms with Gasteiger partial charge in [-0.1, -0.05) is 12.1 Å². The zero-order valence-corrected chi connectivity index (χ0v) is 19.0. The van der Waals surface area contributed by atoms with Crippen molar-refractivity contribution in [1.29, 1.82) is 0 Å². The van der Waals surface area contributed by atoms with Crippen LogP contribution in [0.3, 0.4) is 0 Å². The molecule has 0 saturated carbocycles. The third-order valence-electron chi connectivity index (χ3n) is 5.94. The van der Waals surface area contributed by atoms with Crippen molar-refractivity contribution in [3.8, 4) is 17.2 Å². The summed E-state index contributed by atoms with van der Waals surface area (Å²) in [5.41, 5.74) is 1.73. The highest BCUT2D eigenvalue weighted by molar-refractivity contribution is 6.04. The number of benzene rings is 2. The van der Waals surface area contributed by atoms with E-state index in [4.69, 9.17) is 9.47 Å². The summed E-state index contributed by atoms with van der Waals surface area (Å²) in [4.78, 5) is 46.3. The van der Waals surface area contributed by atoms with Gasteiger partial charge in [-0.25, -0.2) is 9.67 Å². The van der Waals surface area contributed by atoms with Crippen LogP contribution in [0.5, 0.6) is 11.5 Å². The van der Waals surface area contributed by atoms with Crippen molar-refractivity contribution in [1.82, 2.24) is 19.7 Å². The first-order chi connectivity index (χ1) is 17.0. The van der Waals surface area contributed by atoms with Crippen LogP contribution in [0.2, 0.25) is 0 Å². The molecule has 11 nitrogen and oxygen atoms in total. The number of aromatic amines is 1. The maximum Gasteiger partial charge on any atom is 0.261 e. The molecule has 1 saturated heterocycles. The number of para-hydroxylation sites is 2. The summed E-state index contributed by atoms with van der Waals surface area (Å²) in [6.45, 7) is 0.226. The van der Waals surface area contributed by atoms with E-state index in [-0.39, 0.29) is 30.3 Å². The third-order valence-corrected chi connectivity index (χ3v) is 5.94. The second kappa shape index (κ2) is 8.93. The second-order valence-electron chi connectivity index (χ2n) is 7.98. The Kier molecular flexibility index (Phi) is 5.65. The van der Waals surface area contributed by atoms with Gasteiger partial charge < -0.3 is 24.7 Å². The van der Waals surface area contributed by atoms with Gasteiger partial charge in [-0.15, -0.1) is 0 Å². The number of rotatable bonds is 6. The number of carbonyl (C=O) groups is 2. The van der Waals surface area contributed by atoms with E-state index in [1.54, 1.807) is 47.4 Å². The number of nitrogens with zero attached hydrogens (tertiary/aromatic N) is 4. The molecule has 2 amide bonds. The van der Waals surface area contributed by atoms with Crippen LogP contribution in [0.25, 0.3) is 16.7 Å². The summed E-state index contributed by atoms with van der Waals surface area (Å²) in [7, 11) is 3.06. The van der Waals surface area contributed by atoms with Gasteiger partial charge in [0.15, 0.2) is 17.1 Å². The highest BCUT2D eigenvalue weighted by atomic mass is 16.5. The average Bonchev–Trinajstić information content (AvgIpc) is 3.48. The molecule has 11 heteroatoms. The molecular formula is C24H22N6O5. The predicted octanol–water partition coefficient (Wildman–Crippen LogP) is 2.12. The van der Waals surface area contributed by atoms with Crippen LogP contribution in [-0.4, -0.2) is 52.3 Å². The molecule has 178 valence electrons. The molecule has 3 heterocycles. The van der Waals surface area contributed by atoms with Gasteiger partial charge in [0.2, 0.25) is 11.8 Å². The SMILES string of the molecule is COc1ccc(N2CC(C(=O)Nc3ccccc3-n3ncc4c(=O)[nH]cnc43)CC2=O)cc1OC. The number of ether oxygens (including phenoxy) is 2. The molecule has 0 spiro atoms. The summed E-state index contributed by atoms with van der Waals surface area (Å²) in [6.07, 6.45) is 2.80. The van der Waals surface area contributed by atoms with Crippen LogP contribution >= 0.6 is 0 Å². The van der Waals surface area contributed by atoms with Crippen molar-refractivity contribution in [3.05, 3.63) is 65.3 Å². The first-order valence-electron chi connectivity index (χ1n) is 10.8. The second-order valence-corrected chi connectivity index (χ2v) is 7.98. The minimum atomic E-state index is -0.556. The van der Waals surface area contributed by atoms with Crippen molar-refractivity contribution in [2.24, 2.45) is 5.92 Å². The highest BCUT2D eigenvalue weighted by Crippen LogP contribution is 2.34. The number of hydrogen-bond acceptors (Lipinski definition) is 7. The topological polar surface area (TPSA) is 131 Å². The normalized spacial score (nSPS) is 15.4. The number of H-pyrrole nitrogens is 1. The molecule has 2 aromatic carbocycles. The smallest absolute Gasteiger partial charge is 0.261 e. The lowest BCUT2D eigenvalue weighted by Crippen LogP contribution is -2.28. The Bertz CT molecular complexity index is 1490. The van der Waals surface area contributed by atoms with Crippen LogP contribution in [0.4, 0.5) is 11.4 Å². The number of amides is 2. The molecule has 0 aliphatic carbocycles. The molecular weight excluding hydrogens is 452 g/mol. The lowest BCUT2D eigenvalue weighted by Gasteiger charge is -2.19. The molecule has 35 heavy (non-hydrogen) atoms. The molecule has 1 fully saturated rings.